The molecule has 5 heteroatoms. The van der Waals surface area contributed by atoms with E-state index >= 15 is 0 Å². The second-order valence-electron chi connectivity index (χ2n) is 0.861. The molecule has 0 unspecified atom stereocenters. The van der Waals surface area contributed by atoms with Gasteiger partial charge >= 0.3 is 0 Å². The summed E-state index contributed by atoms with van der Waals surface area (Å²) < 4.78 is 43.4. The van der Waals surface area contributed by atoms with E-state index in [1.165, 1.54) is 0 Å². The Hall–Kier alpha value is -0.0631. The molecule has 0 aliphatic carbocycles. The van der Waals surface area contributed by atoms with Gasteiger partial charge in [0.25, 0.3) is 0 Å². The predicted octanol–water partition coefficient (Wildman–Crippen LogP) is 0.868. The summed E-state index contributed by atoms with van der Waals surface area (Å²) >= 11 is 0. The zero-order valence-electron chi connectivity index (χ0n) is 3.24. The highest BCUT2D eigenvalue weighted by Gasteiger charge is 2.12. The van der Waals surface area contributed by atoms with E-state index in [2.05, 4.69) is 0 Å². The fourth-order valence-corrected chi connectivity index (χ4v) is 0.330. The number of hydrogen-bond donors (Lipinski definition) is 0. The minimum absolute atomic E-state index is 1.95. The van der Waals surface area contributed by atoms with Crippen LogP contribution < -0.4 is 0 Å². The maximum absolute atomic E-state index is 10.8. The molecule has 1 radical (unpaired) electrons. The highest BCUT2D eigenvalue weighted by atomic mass is 28.2. The Morgan fingerprint density at radius 1 is 0.857 bits per heavy atom. The highest BCUT2D eigenvalue weighted by molar-refractivity contribution is 6.37. The van der Waals surface area contributed by atoms with E-state index in [0.29, 0.717) is 0 Å². The molecule has 0 bridgehead atoms. The number of alkyl halides is 4. The van der Waals surface area contributed by atoms with Crippen molar-refractivity contribution in [3.8, 4) is 0 Å². The van der Waals surface area contributed by atoms with Gasteiger partial charge in [-0.2, -0.15) is 0 Å². The van der Waals surface area contributed by atoms with Crippen molar-refractivity contribution >= 4 is 9.52 Å². The van der Waals surface area contributed by atoms with E-state index in [9.17, 15) is 17.6 Å². The quantitative estimate of drug-likeness (QED) is 0.385. The minimum Gasteiger partial charge on any atom is -0.216 e. The van der Waals surface area contributed by atoms with Crippen LogP contribution in [-0.4, -0.2) is 21.6 Å². The largest absolute Gasteiger partial charge is 0.222 e. The maximum Gasteiger partial charge on any atom is 0.222 e. The normalized spacial score (nSPS) is 11.1. The van der Waals surface area contributed by atoms with Gasteiger partial charge < -0.3 is 0 Å². The fourth-order valence-electron chi connectivity index (χ4n) is 0.110. The molecule has 0 amide bonds. The zero-order chi connectivity index (χ0) is 5.86. The van der Waals surface area contributed by atoms with Crippen LogP contribution in [0.4, 0.5) is 17.6 Å². The van der Waals surface area contributed by atoms with Crippen molar-refractivity contribution in [2.75, 3.05) is 0 Å². The van der Waals surface area contributed by atoms with Gasteiger partial charge in [-0.15, -0.1) is 0 Å². The lowest BCUT2D eigenvalue weighted by molar-refractivity contribution is 0.192. The van der Waals surface area contributed by atoms with Gasteiger partial charge in [0.1, 0.15) is 0 Å². The van der Waals surface area contributed by atoms with Crippen LogP contribution in [0.1, 0.15) is 0 Å². The summed E-state index contributed by atoms with van der Waals surface area (Å²) in [5.41, 5.74) is 0. The summed E-state index contributed by atoms with van der Waals surface area (Å²) in [6.45, 7) is 0. The molecule has 0 aromatic rings. The van der Waals surface area contributed by atoms with Gasteiger partial charge in [-0.25, -0.2) is 17.6 Å². The molecule has 0 rings (SSSR count). The molecule has 0 spiro atoms. The molecular formula is C2H3F4Si. The van der Waals surface area contributed by atoms with Crippen molar-refractivity contribution in [2.24, 2.45) is 0 Å². The highest BCUT2D eigenvalue weighted by Crippen LogP contribution is 1.96. The zero-order valence-corrected chi connectivity index (χ0v) is 4.40. The van der Waals surface area contributed by atoms with Crippen LogP contribution in [0, 0.1) is 0 Å². The Morgan fingerprint density at radius 3 is 1.14 bits per heavy atom. The average Bonchev–Trinajstić information content (AvgIpc) is 1.27. The predicted molar refractivity (Wildman–Crippen MR) is 19.2 cm³/mol. The molecule has 0 atom stereocenters. The third-order valence-electron chi connectivity index (χ3n) is 0.291. The molecule has 0 aliphatic rings. The minimum atomic E-state index is -2.79. The van der Waals surface area contributed by atoms with Crippen LogP contribution >= 0.6 is 0 Å². The number of hydrogen-bond acceptors (Lipinski definition) is 0. The maximum atomic E-state index is 10.8. The van der Waals surface area contributed by atoms with Crippen molar-refractivity contribution in [3.05, 3.63) is 0 Å². The van der Waals surface area contributed by atoms with Gasteiger partial charge in [0, 0.05) is 0 Å². The third kappa shape index (κ3) is 5.94. The molecule has 0 saturated heterocycles. The fraction of sp³-hybridized carbons (Fsp3) is 1.00. The van der Waals surface area contributed by atoms with Gasteiger partial charge in [0.15, 0.2) is 0 Å². The van der Waals surface area contributed by atoms with Gasteiger partial charge in [0.2, 0.25) is 21.6 Å². The van der Waals surface area contributed by atoms with Crippen LogP contribution in [0.5, 0.6) is 0 Å². The molecule has 0 saturated carbocycles. The van der Waals surface area contributed by atoms with E-state index in [4.69, 9.17) is 0 Å². The second kappa shape index (κ2) is 3.01. The first-order chi connectivity index (χ1) is 3.13. The van der Waals surface area contributed by atoms with Gasteiger partial charge in [-0.1, -0.05) is 0 Å². The Kier molecular flexibility index (Phi) is 2.98. The van der Waals surface area contributed by atoms with E-state index in [-0.39, 0.29) is 0 Å². The first-order valence-corrected chi connectivity index (χ1v) is 2.87. The summed E-state index contributed by atoms with van der Waals surface area (Å²) in [5.74, 6) is 0. The topological polar surface area (TPSA) is 0 Å². The van der Waals surface area contributed by atoms with Crippen LogP contribution in [0.15, 0.2) is 0 Å². The van der Waals surface area contributed by atoms with Gasteiger partial charge in [-0.05, 0) is 0 Å². The van der Waals surface area contributed by atoms with Crippen molar-refractivity contribution in [3.63, 3.8) is 0 Å². The molecule has 0 aromatic carbocycles. The van der Waals surface area contributed by atoms with Crippen LogP contribution in [0.25, 0.3) is 0 Å². The molecule has 0 aromatic heterocycles. The standard InChI is InChI=1S/C2H3F4Si/c3-1(4)7-2(5)6/h1-2,7H. The van der Waals surface area contributed by atoms with Crippen LogP contribution in [0.2, 0.25) is 0 Å². The van der Waals surface area contributed by atoms with Gasteiger partial charge in [0.05, 0.1) is 0 Å². The number of halogens is 4. The van der Waals surface area contributed by atoms with Crippen molar-refractivity contribution < 1.29 is 17.6 Å². The number of rotatable bonds is 2. The second-order valence-corrected chi connectivity index (χ2v) is 2.25. The smallest absolute Gasteiger partial charge is 0.216 e. The summed E-state index contributed by atoms with van der Waals surface area (Å²) in [7, 11) is -1.95. The Labute approximate surface area is 40.3 Å². The Morgan fingerprint density at radius 2 is 1.14 bits per heavy atom. The average molecular weight is 131 g/mol. The molecular weight excluding hydrogens is 128 g/mol. The van der Waals surface area contributed by atoms with Crippen LogP contribution in [-0.2, 0) is 0 Å². The van der Waals surface area contributed by atoms with E-state index < -0.39 is 21.6 Å². The van der Waals surface area contributed by atoms with E-state index in [0.717, 1.165) is 0 Å². The van der Waals surface area contributed by atoms with E-state index in [1.807, 2.05) is 0 Å². The molecule has 43 valence electrons. The monoisotopic (exact) mass is 131 g/mol. The van der Waals surface area contributed by atoms with Crippen molar-refractivity contribution in [1.29, 1.82) is 0 Å². The van der Waals surface area contributed by atoms with Gasteiger partial charge in [-0.3, -0.25) is 0 Å². The molecule has 0 heterocycles. The lowest BCUT2D eigenvalue weighted by Crippen LogP contribution is -2.13. The lowest BCUT2D eigenvalue weighted by Gasteiger charge is -1.91. The summed E-state index contributed by atoms with van der Waals surface area (Å²) in [4.78, 5) is 0. The lowest BCUT2D eigenvalue weighted by atomic mass is 11.6. The first-order valence-electron chi connectivity index (χ1n) is 1.54. The first kappa shape index (κ1) is 6.94. The van der Waals surface area contributed by atoms with Crippen molar-refractivity contribution in [1.82, 2.24) is 0 Å². The summed E-state index contributed by atoms with van der Waals surface area (Å²) in [6.07, 6.45) is 0. The SMILES string of the molecule is FC(F)[SiH]C(F)F. The van der Waals surface area contributed by atoms with Crippen molar-refractivity contribution in [2.45, 2.75) is 12.1 Å². The summed E-state index contributed by atoms with van der Waals surface area (Å²) in [5, 5.41) is 0. The summed E-state index contributed by atoms with van der Waals surface area (Å²) in [6, 6.07) is -5.58. The molecule has 0 N–H and O–H groups in total. The molecule has 0 fully saturated rings. The Bertz CT molecular complexity index is 39.0. The van der Waals surface area contributed by atoms with E-state index in [1.54, 1.807) is 0 Å². The van der Waals surface area contributed by atoms with Crippen LogP contribution in [0.3, 0.4) is 0 Å². The Balaban J connectivity index is 2.95. The third-order valence-corrected chi connectivity index (χ3v) is 0.873. The molecule has 7 heavy (non-hydrogen) atoms. The molecule has 0 nitrogen and oxygen atoms in total. The molecule has 0 aliphatic heterocycles.